The van der Waals surface area contributed by atoms with Gasteiger partial charge >= 0.3 is 5.97 Å². The second-order valence-corrected chi connectivity index (χ2v) is 13.2. The molecular weight excluding hydrogens is 682 g/mol. The van der Waals surface area contributed by atoms with Gasteiger partial charge in [-0.3, -0.25) is 9.59 Å². The Balaban J connectivity index is 1.47. The largest absolute Gasteiger partial charge is 0.724 e. The maximum absolute atomic E-state index is 13.3. The maximum Gasteiger partial charge on any atom is 0.351 e. The van der Waals surface area contributed by atoms with Crippen molar-refractivity contribution < 1.29 is 51.0 Å². The fraction of sp³-hybridized carbons (Fsp3) is 0.407. The Morgan fingerprint density at radius 1 is 1.34 bits per heavy atom. The average Bonchev–Trinajstić information content (AvgIpc) is 3.58. The van der Waals surface area contributed by atoms with Crippen LogP contribution in [0.15, 0.2) is 41.1 Å². The van der Waals surface area contributed by atoms with Crippen LogP contribution in [0.1, 0.15) is 32.4 Å². The zero-order valence-electron chi connectivity index (χ0n) is 25.4. The van der Waals surface area contributed by atoms with Gasteiger partial charge in [0.25, 0.3) is 12.0 Å². The topological polar surface area (TPSA) is 246 Å². The summed E-state index contributed by atoms with van der Waals surface area (Å²) in [5, 5.41) is 15.7. The number of carboxylic acid groups (broad SMARTS) is 1. The molecule has 1 aliphatic rings. The highest BCUT2D eigenvalue weighted by Gasteiger charge is 2.57. The number of aliphatic carboxylic acids is 1. The van der Waals surface area contributed by atoms with Crippen molar-refractivity contribution in [3.8, 4) is 16.9 Å². The number of benzene rings is 1. The number of oxime groups is 1. The summed E-state index contributed by atoms with van der Waals surface area (Å²) in [6, 6.07) is 4.85. The summed E-state index contributed by atoms with van der Waals surface area (Å²) in [6.45, 7) is 3.53. The zero-order chi connectivity index (χ0) is 34.7. The van der Waals surface area contributed by atoms with E-state index in [-0.39, 0.29) is 16.6 Å². The third-order valence-corrected chi connectivity index (χ3v) is 8.59. The van der Waals surface area contributed by atoms with Crippen molar-refractivity contribution in [2.75, 3.05) is 18.9 Å². The number of aryl methyl sites for hydroxylation is 2. The molecule has 2 atom stereocenters. The van der Waals surface area contributed by atoms with Crippen molar-refractivity contribution in [3.63, 3.8) is 0 Å². The molecule has 1 amide bonds. The molecule has 20 heteroatoms. The Morgan fingerprint density at radius 2 is 2.06 bits per heavy atom. The molecular formula is C27H32ClN7O10S2. The Morgan fingerprint density at radius 3 is 2.64 bits per heavy atom. The SMILES string of the molecule is C[n+]1cc(-c2ccc(OC[C@H](O/N=C(\C(=O)C[C@@H]3C(=O)N(OS(=O)(=O)[O-])C3(C)C)c3csc(N)n3)C(=O)O)cc2Cl)cn1CCCN. The van der Waals surface area contributed by atoms with E-state index in [0.717, 1.165) is 35.4 Å². The van der Waals surface area contributed by atoms with E-state index in [2.05, 4.69) is 14.4 Å². The molecule has 3 heterocycles. The lowest BCUT2D eigenvalue weighted by Gasteiger charge is -2.51. The number of nitrogen functional groups attached to an aromatic ring is 1. The molecule has 17 nitrogen and oxygen atoms in total. The lowest BCUT2D eigenvalue weighted by molar-refractivity contribution is -0.753. The molecule has 0 spiro atoms. The van der Waals surface area contributed by atoms with Crippen molar-refractivity contribution in [2.24, 2.45) is 23.9 Å². The summed E-state index contributed by atoms with van der Waals surface area (Å²) in [5.74, 6) is -4.07. The molecule has 2 aromatic heterocycles. The maximum atomic E-state index is 13.3. The van der Waals surface area contributed by atoms with Gasteiger partial charge < -0.3 is 30.7 Å². The van der Waals surface area contributed by atoms with Crippen LogP contribution < -0.4 is 20.9 Å². The number of carbonyl (C=O) groups is 3. The lowest BCUT2D eigenvalue weighted by atomic mass is 9.74. The Labute approximate surface area is 278 Å². The third kappa shape index (κ3) is 8.42. The van der Waals surface area contributed by atoms with Crippen LogP contribution >= 0.6 is 22.9 Å². The second-order valence-electron chi connectivity index (χ2n) is 10.9. The second kappa shape index (κ2) is 14.3. The van der Waals surface area contributed by atoms with Gasteiger partial charge in [0.15, 0.2) is 23.7 Å². The molecule has 0 aliphatic carbocycles. The molecule has 254 valence electrons. The standard InChI is InChI=1S/C27H32ClN7O10S2/c1-27(2)18(24(37)35(27)45-47(40,41)42)10-21(36)23(20-14-46-26(30)31-20)32-44-22(25(38)39)13-43-16-5-6-17(19(28)9-16)15-11-33(3)34(12-15)8-4-7-29/h5-6,9,11-12,14,18,22H,4,7-8,10,13,29H2,1-3H3,(H3-,30,31,38,39,40,41,42)/b32-23-/t18-,22+/m1/s1. The first-order chi connectivity index (χ1) is 22.0. The average molecular weight is 714 g/mol. The molecule has 0 bridgehead atoms. The summed E-state index contributed by atoms with van der Waals surface area (Å²) < 4.78 is 46.8. The van der Waals surface area contributed by atoms with E-state index in [0.29, 0.717) is 16.6 Å². The van der Waals surface area contributed by atoms with Crippen molar-refractivity contribution in [1.29, 1.82) is 0 Å². The van der Waals surface area contributed by atoms with Gasteiger partial charge in [0.2, 0.25) is 16.6 Å². The van der Waals surface area contributed by atoms with E-state index in [1.807, 2.05) is 28.8 Å². The normalized spacial score (nSPS) is 16.9. The molecule has 3 aromatic rings. The number of rotatable bonds is 16. The molecule has 5 N–H and O–H groups in total. The summed E-state index contributed by atoms with van der Waals surface area (Å²) in [6.07, 6.45) is 2.41. The number of β-lactam (4-membered cyclic amide) rings is 1. The number of ketones is 1. The van der Waals surface area contributed by atoms with Crippen LogP contribution in [0.3, 0.4) is 0 Å². The molecule has 0 unspecified atom stereocenters. The first kappa shape index (κ1) is 35.7. The van der Waals surface area contributed by atoms with E-state index in [4.69, 9.17) is 32.6 Å². The number of amides is 1. The summed E-state index contributed by atoms with van der Waals surface area (Å²) in [4.78, 5) is 47.1. The van der Waals surface area contributed by atoms with Crippen LogP contribution in [0.25, 0.3) is 11.1 Å². The van der Waals surface area contributed by atoms with Gasteiger partial charge in [0.05, 0.1) is 34.8 Å². The van der Waals surface area contributed by atoms with Crippen LogP contribution in [0.2, 0.25) is 5.02 Å². The minimum Gasteiger partial charge on any atom is -0.724 e. The van der Waals surface area contributed by atoms with E-state index in [9.17, 15) is 32.5 Å². The Bertz CT molecular complexity index is 1810. The molecule has 0 radical (unpaired) electrons. The number of hydrogen-bond acceptors (Lipinski definition) is 14. The van der Waals surface area contributed by atoms with Crippen molar-refractivity contribution >= 4 is 61.8 Å². The molecule has 47 heavy (non-hydrogen) atoms. The number of hydroxylamine groups is 2. The number of nitrogens with two attached hydrogens (primary N) is 2. The first-order valence-electron chi connectivity index (χ1n) is 13.9. The quantitative estimate of drug-likeness (QED) is 0.0466. The van der Waals surface area contributed by atoms with E-state index < -0.39 is 64.4 Å². The number of halogens is 1. The Hall–Kier alpha value is -4.14. The monoisotopic (exact) mass is 713 g/mol. The van der Waals surface area contributed by atoms with E-state index >= 15 is 0 Å². The first-order valence-corrected chi connectivity index (χ1v) is 16.5. The van der Waals surface area contributed by atoms with Gasteiger partial charge in [-0.2, -0.15) is 14.0 Å². The van der Waals surface area contributed by atoms with Gasteiger partial charge in [-0.1, -0.05) is 16.8 Å². The number of carbonyl (C=O) groups excluding carboxylic acids is 2. The van der Waals surface area contributed by atoms with Crippen LogP contribution in [0, 0.1) is 5.92 Å². The van der Waals surface area contributed by atoms with Gasteiger partial charge in [-0.25, -0.2) is 18.2 Å². The predicted octanol–water partition coefficient (Wildman–Crippen LogP) is 0.861. The number of hydrogen-bond donors (Lipinski definition) is 3. The van der Waals surface area contributed by atoms with Crippen molar-refractivity contribution in [1.82, 2.24) is 14.7 Å². The highest BCUT2D eigenvalue weighted by Crippen LogP contribution is 2.40. The number of nitrogens with zero attached hydrogens (tertiary/aromatic N) is 5. The van der Waals surface area contributed by atoms with Crippen molar-refractivity contribution in [2.45, 2.75) is 44.9 Å². The minimum atomic E-state index is -5.25. The summed E-state index contributed by atoms with van der Waals surface area (Å²) >= 11 is 7.49. The lowest BCUT2D eigenvalue weighted by Crippen LogP contribution is -2.68. The number of anilines is 1. The van der Waals surface area contributed by atoms with Crippen LogP contribution in [0.4, 0.5) is 5.13 Å². The Kier molecular flexibility index (Phi) is 10.9. The van der Waals surface area contributed by atoms with Gasteiger partial charge in [-0.15, -0.1) is 16.0 Å². The number of Topliss-reactive ketones (excluding diaryl/α,β-unsaturated/α-hetero) is 1. The molecule has 1 saturated heterocycles. The predicted molar refractivity (Wildman–Crippen MR) is 166 cm³/mol. The number of thiazole rings is 1. The van der Waals surface area contributed by atoms with Crippen LogP contribution in [-0.2, 0) is 47.5 Å². The van der Waals surface area contributed by atoms with E-state index in [1.165, 1.54) is 25.3 Å². The molecule has 1 aliphatic heterocycles. The number of aromatic nitrogens is 3. The highest BCUT2D eigenvalue weighted by atomic mass is 35.5. The zero-order valence-corrected chi connectivity index (χ0v) is 27.7. The molecule has 1 fully saturated rings. The number of carboxylic acids is 1. The third-order valence-electron chi connectivity index (χ3n) is 7.27. The molecule has 0 saturated carbocycles. The highest BCUT2D eigenvalue weighted by molar-refractivity contribution is 7.80. The van der Waals surface area contributed by atoms with Crippen LogP contribution in [-0.4, -0.2) is 81.0 Å². The fourth-order valence-electron chi connectivity index (χ4n) is 4.71. The molecule has 1 aromatic carbocycles. The van der Waals surface area contributed by atoms with E-state index in [1.54, 1.807) is 12.1 Å². The minimum absolute atomic E-state index is 0.0463. The van der Waals surface area contributed by atoms with Gasteiger partial charge in [0.1, 0.15) is 18.1 Å². The van der Waals surface area contributed by atoms with Gasteiger partial charge in [-0.05, 0) is 45.0 Å². The number of ether oxygens (including phenoxy) is 1. The molecule has 4 rings (SSSR count). The smallest absolute Gasteiger partial charge is 0.351 e. The van der Waals surface area contributed by atoms with Crippen molar-refractivity contribution in [3.05, 3.63) is 46.7 Å². The fourth-order valence-corrected chi connectivity index (χ4v) is 5.99. The summed E-state index contributed by atoms with van der Waals surface area (Å²) in [7, 11) is -3.35. The summed E-state index contributed by atoms with van der Waals surface area (Å²) in [5.41, 5.74) is 11.0. The van der Waals surface area contributed by atoms with Gasteiger partial charge in [0, 0.05) is 17.4 Å². The van der Waals surface area contributed by atoms with Crippen LogP contribution in [0.5, 0.6) is 5.75 Å².